The number of para-hydroxylation sites is 1. The highest BCUT2D eigenvalue weighted by atomic mass is 32.2. The summed E-state index contributed by atoms with van der Waals surface area (Å²) in [5, 5.41) is 3.88. The van der Waals surface area contributed by atoms with Gasteiger partial charge >= 0.3 is 0 Å². The first-order valence-electron chi connectivity index (χ1n) is 8.30. The Balaban J connectivity index is 2.01. The van der Waals surface area contributed by atoms with Crippen molar-refractivity contribution in [3.05, 3.63) is 59.0 Å². The Morgan fingerprint density at radius 3 is 2.44 bits per heavy atom. The molecule has 1 fully saturated rings. The highest BCUT2D eigenvalue weighted by Crippen LogP contribution is 2.36. The molecule has 1 amide bonds. The first-order chi connectivity index (χ1) is 13.0. The predicted octanol–water partition coefficient (Wildman–Crippen LogP) is 3.78. The molecule has 1 aliphatic rings. The smallest absolute Gasteiger partial charge is 0.281 e. The molecule has 1 aliphatic heterocycles. The number of amides is 1. The first-order valence-corrected chi connectivity index (χ1v) is 9.12. The lowest BCUT2D eigenvalue weighted by atomic mass is 10.1. The average Bonchev–Trinajstić information content (AvgIpc) is 2.97. The van der Waals surface area contributed by atoms with E-state index in [1.165, 1.54) is 11.8 Å². The summed E-state index contributed by atoms with van der Waals surface area (Å²) in [6.45, 7) is 0. The number of aliphatic imine (C=N–C) groups is 1. The minimum atomic E-state index is -0.135. The van der Waals surface area contributed by atoms with Crippen molar-refractivity contribution in [3.63, 3.8) is 0 Å². The van der Waals surface area contributed by atoms with E-state index in [2.05, 4.69) is 4.99 Å². The molecule has 1 heterocycles. The molecule has 0 bridgehead atoms. The number of ether oxygens (including phenoxy) is 2. The van der Waals surface area contributed by atoms with Gasteiger partial charge in [-0.1, -0.05) is 18.2 Å². The second-order valence-corrected chi connectivity index (χ2v) is 6.92. The fourth-order valence-corrected chi connectivity index (χ4v) is 3.64. The number of rotatable bonds is 5. The van der Waals surface area contributed by atoms with Crippen molar-refractivity contribution in [2.24, 2.45) is 4.99 Å². The van der Waals surface area contributed by atoms with Gasteiger partial charge in [0.1, 0.15) is 11.5 Å². The normalized spacial score (nSPS) is 17.2. The third kappa shape index (κ3) is 4.15. The van der Waals surface area contributed by atoms with Crippen LogP contribution in [0.3, 0.4) is 0 Å². The molecule has 2 aromatic rings. The van der Waals surface area contributed by atoms with E-state index in [9.17, 15) is 4.79 Å². The highest BCUT2D eigenvalue weighted by molar-refractivity contribution is 8.18. The van der Waals surface area contributed by atoms with E-state index in [0.29, 0.717) is 21.6 Å². The minimum absolute atomic E-state index is 0.135. The zero-order chi connectivity index (χ0) is 19.4. The van der Waals surface area contributed by atoms with E-state index in [1.807, 2.05) is 62.6 Å². The SMILES string of the molecule is COc1ccc(OC)c(/C=C2\SC(=Nc3ccccc3)N(N(C)C)C2=O)c1. The van der Waals surface area contributed by atoms with Crippen LogP contribution in [0.2, 0.25) is 0 Å². The van der Waals surface area contributed by atoms with Gasteiger partial charge < -0.3 is 9.47 Å². The molecule has 0 unspecified atom stereocenters. The maximum atomic E-state index is 12.9. The lowest BCUT2D eigenvalue weighted by Gasteiger charge is -2.22. The van der Waals surface area contributed by atoms with Gasteiger partial charge in [-0.3, -0.25) is 4.79 Å². The van der Waals surface area contributed by atoms with Gasteiger partial charge in [-0.15, -0.1) is 0 Å². The van der Waals surface area contributed by atoms with E-state index in [4.69, 9.17) is 9.47 Å². The summed E-state index contributed by atoms with van der Waals surface area (Å²) in [4.78, 5) is 18.1. The fraction of sp³-hybridized carbons (Fsp3) is 0.200. The van der Waals surface area contributed by atoms with Crippen molar-refractivity contribution in [1.29, 1.82) is 0 Å². The molecule has 27 heavy (non-hydrogen) atoms. The summed E-state index contributed by atoms with van der Waals surface area (Å²) < 4.78 is 10.7. The monoisotopic (exact) mass is 383 g/mol. The zero-order valence-electron chi connectivity index (χ0n) is 15.7. The average molecular weight is 383 g/mol. The molecule has 1 saturated heterocycles. The Morgan fingerprint density at radius 2 is 1.81 bits per heavy atom. The molecule has 0 N–H and O–H groups in total. The van der Waals surface area contributed by atoms with Gasteiger partial charge in [0.25, 0.3) is 5.91 Å². The standard InChI is InChI=1S/C20H21N3O3S/c1-22(2)23-19(24)18(27-20(23)21-15-8-6-5-7-9-15)13-14-12-16(25-3)10-11-17(14)26-4/h5-13H,1-4H3/b18-13-,21-20?. The summed E-state index contributed by atoms with van der Waals surface area (Å²) in [5.41, 5.74) is 1.56. The summed E-state index contributed by atoms with van der Waals surface area (Å²) in [6.07, 6.45) is 1.80. The second kappa shape index (κ2) is 8.28. The Hall–Kier alpha value is -2.77. The van der Waals surface area contributed by atoms with Crippen molar-refractivity contribution in [2.75, 3.05) is 28.3 Å². The number of methoxy groups -OCH3 is 2. The Bertz CT molecular complexity index is 895. The Labute approximate surface area is 163 Å². The predicted molar refractivity (Wildman–Crippen MR) is 109 cm³/mol. The maximum Gasteiger partial charge on any atom is 0.281 e. The zero-order valence-corrected chi connectivity index (χ0v) is 16.5. The first kappa shape index (κ1) is 19.0. The molecule has 140 valence electrons. The van der Waals surface area contributed by atoms with Crippen LogP contribution in [0.25, 0.3) is 6.08 Å². The van der Waals surface area contributed by atoms with Crippen LogP contribution in [0.4, 0.5) is 5.69 Å². The third-order valence-corrected chi connectivity index (χ3v) is 4.85. The number of carbonyl (C=O) groups excluding carboxylic acids is 1. The van der Waals surface area contributed by atoms with Crippen LogP contribution < -0.4 is 9.47 Å². The quantitative estimate of drug-likeness (QED) is 0.736. The van der Waals surface area contributed by atoms with E-state index in [-0.39, 0.29) is 5.91 Å². The molecule has 3 rings (SSSR count). The van der Waals surface area contributed by atoms with Crippen LogP contribution in [-0.2, 0) is 4.79 Å². The maximum absolute atomic E-state index is 12.9. The molecule has 7 heteroatoms. The molecule has 0 aliphatic carbocycles. The Kier molecular flexibility index (Phi) is 5.83. The molecular formula is C20H21N3O3S. The van der Waals surface area contributed by atoms with Gasteiger partial charge in [-0.2, -0.15) is 0 Å². The number of nitrogens with zero attached hydrogens (tertiary/aromatic N) is 3. The van der Waals surface area contributed by atoms with Crippen LogP contribution in [0, 0.1) is 0 Å². The minimum Gasteiger partial charge on any atom is -0.497 e. The van der Waals surface area contributed by atoms with E-state index < -0.39 is 0 Å². The van der Waals surface area contributed by atoms with Crippen LogP contribution in [0.5, 0.6) is 11.5 Å². The van der Waals surface area contributed by atoms with Gasteiger partial charge in [-0.05, 0) is 48.2 Å². The lowest BCUT2D eigenvalue weighted by molar-refractivity contribution is -0.130. The summed E-state index contributed by atoms with van der Waals surface area (Å²) in [5.74, 6) is 1.23. The van der Waals surface area contributed by atoms with Gasteiger partial charge in [-0.25, -0.2) is 15.0 Å². The molecule has 6 nitrogen and oxygen atoms in total. The third-order valence-electron chi connectivity index (χ3n) is 3.89. The van der Waals surface area contributed by atoms with Crippen LogP contribution in [-0.4, -0.2) is 49.4 Å². The van der Waals surface area contributed by atoms with Crippen molar-refractivity contribution >= 4 is 34.6 Å². The van der Waals surface area contributed by atoms with Crippen LogP contribution in [0.1, 0.15) is 5.56 Å². The van der Waals surface area contributed by atoms with E-state index in [1.54, 1.807) is 30.3 Å². The molecular weight excluding hydrogens is 362 g/mol. The molecule has 0 saturated carbocycles. The molecule has 2 aromatic carbocycles. The molecule has 0 atom stereocenters. The number of hydrazine groups is 1. The van der Waals surface area contributed by atoms with Gasteiger partial charge in [0.05, 0.1) is 24.8 Å². The van der Waals surface area contributed by atoms with Crippen molar-refractivity contribution in [2.45, 2.75) is 0 Å². The van der Waals surface area contributed by atoms with Gasteiger partial charge in [0.15, 0.2) is 5.17 Å². The lowest BCUT2D eigenvalue weighted by Crippen LogP contribution is -2.40. The second-order valence-electron chi connectivity index (χ2n) is 5.91. The van der Waals surface area contributed by atoms with Crippen molar-refractivity contribution in [1.82, 2.24) is 10.0 Å². The number of benzene rings is 2. The number of amidine groups is 1. The van der Waals surface area contributed by atoms with E-state index >= 15 is 0 Å². The molecule has 0 aromatic heterocycles. The van der Waals surface area contributed by atoms with Gasteiger partial charge in [0.2, 0.25) is 0 Å². The van der Waals surface area contributed by atoms with Crippen molar-refractivity contribution in [3.8, 4) is 11.5 Å². The van der Waals surface area contributed by atoms with Crippen molar-refractivity contribution < 1.29 is 14.3 Å². The highest BCUT2D eigenvalue weighted by Gasteiger charge is 2.35. The molecule has 0 spiro atoms. The summed E-state index contributed by atoms with van der Waals surface area (Å²) in [7, 11) is 6.83. The van der Waals surface area contributed by atoms with E-state index in [0.717, 1.165) is 11.3 Å². The fourth-order valence-electron chi connectivity index (χ4n) is 2.60. The Morgan fingerprint density at radius 1 is 1.07 bits per heavy atom. The number of carbonyl (C=O) groups is 1. The number of thioether (sulfide) groups is 1. The molecule has 0 radical (unpaired) electrons. The number of hydrogen-bond donors (Lipinski definition) is 0. The van der Waals surface area contributed by atoms with Crippen LogP contribution in [0.15, 0.2) is 58.4 Å². The largest absolute Gasteiger partial charge is 0.497 e. The topological polar surface area (TPSA) is 54.4 Å². The number of hydrogen-bond acceptors (Lipinski definition) is 6. The summed E-state index contributed by atoms with van der Waals surface area (Å²) in [6, 6.07) is 15.0. The summed E-state index contributed by atoms with van der Waals surface area (Å²) >= 11 is 1.33. The van der Waals surface area contributed by atoms with Gasteiger partial charge in [0, 0.05) is 19.7 Å². The van der Waals surface area contributed by atoms with Crippen LogP contribution >= 0.6 is 11.8 Å².